The molecule has 0 nitrogen and oxygen atoms in total. The third-order valence-corrected chi connectivity index (χ3v) is 9.07. The van der Waals surface area contributed by atoms with Gasteiger partial charge >= 0.3 is 0 Å². The van der Waals surface area contributed by atoms with Crippen molar-refractivity contribution in [3.63, 3.8) is 0 Å². The van der Waals surface area contributed by atoms with Gasteiger partial charge in [-0.25, -0.2) is 0 Å². The maximum Gasteiger partial charge on any atom is 0.0159 e. The summed E-state index contributed by atoms with van der Waals surface area (Å²) in [6, 6.07) is 53.5. The van der Waals surface area contributed by atoms with Gasteiger partial charge in [0.15, 0.2) is 0 Å². The van der Waals surface area contributed by atoms with Crippen LogP contribution in [0.25, 0.3) is 66.1 Å². The highest BCUT2D eigenvalue weighted by Crippen LogP contribution is 2.54. The zero-order valence-corrected chi connectivity index (χ0v) is 23.4. The Balaban J connectivity index is 1.47. The van der Waals surface area contributed by atoms with Gasteiger partial charge in [-0.2, -0.15) is 0 Å². The summed E-state index contributed by atoms with van der Waals surface area (Å²) < 4.78 is 0. The number of benzene rings is 7. The summed E-state index contributed by atoms with van der Waals surface area (Å²) >= 11 is 0. The molecule has 1 aliphatic carbocycles. The van der Waals surface area contributed by atoms with Crippen LogP contribution in [0.2, 0.25) is 0 Å². The molecule has 0 unspecified atom stereocenters. The van der Waals surface area contributed by atoms with Gasteiger partial charge in [0.2, 0.25) is 0 Å². The summed E-state index contributed by atoms with van der Waals surface area (Å²) in [6.07, 6.45) is 0. The highest BCUT2D eigenvalue weighted by molar-refractivity contribution is 6.22. The zero-order chi connectivity index (χ0) is 27.6. The first-order valence-electron chi connectivity index (χ1n) is 14.5. The Morgan fingerprint density at radius 2 is 0.829 bits per heavy atom. The molecule has 0 saturated carbocycles. The summed E-state index contributed by atoms with van der Waals surface area (Å²) in [4.78, 5) is 0. The molecule has 0 heterocycles. The predicted octanol–water partition coefficient (Wildman–Crippen LogP) is 11.3. The van der Waals surface area contributed by atoms with E-state index in [0.29, 0.717) is 0 Å². The van der Waals surface area contributed by atoms with Crippen LogP contribution >= 0.6 is 0 Å². The molecule has 0 spiro atoms. The average Bonchev–Trinajstić information content (AvgIpc) is 3.27. The van der Waals surface area contributed by atoms with Gasteiger partial charge in [-0.1, -0.05) is 153 Å². The lowest BCUT2D eigenvalue weighted by Crippen LogP contribution is -2.14. The molecule has 41 heavy (non-hydrogen) atoms. The third-order valence-electron chi connectivity index (χ3n) is 9.07. The van der Waals surface area contributed by atoms with Crippen molar-refractivity contribution in [3.8, 4) is 44.5 Å². The number of hydrogen-bond acceptors (Lipinski definition) is 0. The van der Waals surface area contributed by atoms with Crippen LogP contribution in [0.15, 0.2) is 146 Å². The second-order valence-electron chi connectivity index (χ2n) is 11.7. The highest BCUT2D eigenvalue weighted by atomic mass is 14.4. The lowest BCUT2D eigenvalue weighted by Gasteiger charge is -2.22. The van der Waals surface area contributed by atoms with Crippen molar-refractivity contribution < 1.29 is 0 Å². The standard InChI is InChI=1S/C41H30/c1-41(2)36-24-11-10-22-34(36)40-35(23-13-25-37(40)41)39-32-20-8-6-18-30(32)38(31-19-7-9-21-33(31)39)29-17-12-16-28(26-29)27-14-4-3-5-15-27/h3-26H,1-2H3. The van der Waals surface area contributed by atoms with Crippen molar-refractivity contribution >= 4 is 21.5 Å². The zero-order valence-electron chi connectivity index (χ0n) is 23.4. The normalized spacial score (nSPS) is 13.3. The number of rotatable bonds is 3. The fourth-order valence-electron chi connectivity index (χ4n) is 7.18. The molecule has 0 amide bonds. The second kappa shape index (κ2) is 9.04. The van der Waals surface area contributed by atoms with Crippen molar-refractivity contribution in [2.24, 2.45) is 0 Å². The summed E-state index contributed by atoms with van der Waals surface area (Å²) in [5.41, 5.74) is 13.2. The van der Waals surface area contributed by atoms with Crippen LogP contribution in [0.4, 0.5) is 0 Å². The Labute approximate surface area is 241 Å². The molecule has 0 bridgehead atoms. The van der Waals surface area contributed by atoms with Gasteiger partial charge in [-0.05, 0) is 83.2 Å². The predicted molar refractivity (Wildman–Crippen MR) is 175 cm³/mol. The van der Waals surface area contributed by atoms with Crippen LogP contribution in [0.1, 0.15) is 25.0 Å². The van der Waals surface area contributed by atoms with Gasteiger partial charge in [0.05, 0.1) is 0 Å². The Hall–Kier alpha value is -4.94. The minimum absolute atomic E-state index is 0.0363. The van der Waals surface area contributed by atoms with Gasteiger partial charge in [0, 0.05) is 5.41 Å². The molecule has 0 radical (unpaired) electrons. The Kier molecular flexibility index (Phi) is 5.27. The van der Waals surface area contributed by atoms with E-state index in [0.717, 1.165) is 0 Å². The van der Waals surface area contributed by atoms with Crippen molar-refractivity contribution in [1.82, 2.24) is 0 Å². The van der Waals surface area contributed by atoms with Gasteiger partial charge in [0.25, 0.3) is 0 Å². The highest BCUT2D eigenvalue weighted by Gasteiger charge is 2.37. The fourth-order valence-corrected chi connectivity index (χ4v) is 7.18. The Bertz CT molecular complexity index is 2050. The molecule has 1 aliphatic rings. The molecular formula is C41H30. The van der Waals surface area contributed by atoms with Crippen LogP contribution in [0.3, 0.4) is 0 Å². The van der Waals surface area contributed by atoms with E-state index in [-0.39, 0.29) is 5.41 Å². The molecule has 0 saturated heterocycles. The van der Waals surface area contributed by atoms with Gasteiger partial charge < -0.3 is 0 Å². The molecule has 0 fully saturated rings. The Morgan fingerprint density at radius 1 is 0.341 bits per heavy atom. The van der Waals surface area contributed by atoms with E-state index in [4.69, 9.17) is 0 Å². The maximum atomic E-state index is 2.36. The fraction of sp³-hybridized carbons (Fsp3) is 0.0732. The van der Waals surface area contributed by atoms with E-state index >= 15 is 0 Å². The van der Waals surface area contributed by atoms with Gasteiger partial charge in [-0.3, -0.25) is 0 Å². The smallest absolute Gasteiger partial charge is 0.0159 e. The maximum absolute atomic E-state index is 2.36. The lowest BCUT2D eigenvalue weighted by molar-refractivity contribution is 0.660. The monoisotopic (exact) mass is 522 g/mol. The van der Waals surface area contributed by atoms with E-state index in [1.54, 1.807) is 0 Å². The van der Waals surface area contributed by atoms with Crippen molar-refractivity contribution in [2.45, 2.75) is 19.3 Å². The Morgan fingerprint density at radius 3 is 1.54 bits per heavy atom. The summed E-state index contributed by atoms with van der Waals surface area (Å²) in [5, 5.41) is 5.16. The second-order valence-corrected chi connectivity index (χ2v) is 11.7. The molecule has 7 aromatic rings. The molecule has 194 valence electrons. The minimum Gasteiger partial charge on any atom is -0.0622 e. The van der Waals surface area contributed by atoms with Crippen LogP contribution in [-0.4, -0.2) is 0 Å². The molecular weight excluding hydrogens is 492 g/mol. The first-order valence-corrected chi connectivity index (χ1v) is 14.5. The van der Waals surface area contributed by atoms with Crippen LogP contribution in [0.5, 0.6) is 0 Å². The van der Waals surface area contributed by atoms with Crippen molar-refractivity contribution in [3.05, 3.63) is 157 Å². The summed E-state index contributed by atoms with van der Waals surface area (Å²) in [6.45, 7) is 4.72. The minimum atomic E-state index is -0.0363. The van der Waals surface area contributed by atoms with Crippen molar-refractivity contribution in [1.29, 1.82) is 0 Å². The molecule has 0 atom stereocenters. The van der Waals surface area contributed by atoms with E-state index in [9.17, 15) is 0 Å². The largest absolute Gasteiger partial charge is 0.0622 e. The molecule has 0 aromatic heterocycles. The average molecular weight is 523 g/mol. The molecule has 8 rings (SSSR count). The number of hydrogen-bond donors (Lipinski definition) is 0. The first kappa shape index (κ1) is 23.9. The lowest BCUT2D eigenvalue weighted by atomic mass is 9.80. The van der Waals surface area contributed by atoms with Crippen molar-refractivity contribution in [2.75, 3.05) is 0 Å². The summed E-state index contributed by atoms with van der Waals surface area (Å²) in [5.74, 6) is 0. The van der Waals surface area contributed by atoms with Crippen LogP contribution in [-0.2, 0) is 5.41 Å². The van der Waals surface area contributed by atoms with E-state index in [2.05, 4.69) is 159 Å². The van der Waals surface area contributed by atoms with E-state index in [1.165, 1.54) is 77.2 Å². The number of fused-ring (bicyclic) bond motifs is 5. The molecule has 0 heteroatoms. The van der Waals surface area contributed by atoms with Crippen LogP contribution < -0.4 is 0 Å². The topological polar surface area (TPSA) is 0 Å². The van der Waals surface area contributed by atoms with E-state index in [1.807, 2.05) is 0 Å². The molecule has 7 aromatic carbocycles. The molecule has 0 N–H and O–H groups in total. The third kappa shape index (κ3) is 3.54. The van der Waals surface area contributed by atoms with Gasteiger partial charge in [0.1, 0.15) is 0 Å². The first-order chi connectivity index (χ1) is 20.1. The van der Waals surface area contributed by atoms with E-state index < -0.39 is 0 Å². The SMILES string of the molecule is CC1(C)c2ccccc2-c2c(-c3c4ccccc4c(-c4cccc(-c5ccccc5)c4)c4ccccc34)cccc21. The molecule has 0 aliphatic heterocycles. The summed E-state index contributed by atoms with van der Waals surface area (Å²) in [7, 11) is 0. The van der Waals surface area contributed by atoms with Gasteiger partial charge in [-0.15, -0.1) is 0 Å². The quantitative estimate of drug-likeness (QED) is 0.202. The van der Waals surface area contributed by atoms with Crippen LogP contribution in [0, 0.1) is 0 Å².